The second-order valence-corrected chi connectivity index (χ2v) is 6.67. The number of carbonyl (C=O) groups excluding carboxylic acids is 1. The van der Waals surface area contributed by atoms with Gasteiger partial charge in [0.15, 0.2) is 0 Å². The highest BCUT2D eigenvalue weighted by atomic mass is 32.2. The summed E-state index contributed by atoms with van der Waals surface area (Å²) in [4.78, 5) is 17.3. The van der Waals surface area contributed by atoms with Crippen molar-refractivity contribution in [3.05, 3.63) is 35.5 Å². The standard InChI is InChI=1S/C18H21F3N2O3S/c1-5-26-15(24)10-23(2)17(27-4)12-6-8-13(25-3)16-11(12)7-9-14(22-16)18(19,20)21/h6-9,17H,5,10H2,1-4H3. The number of pyridine rings is 1. The van der Waals surface area contributed by atoms with Gasteiger partial charge < -0.3 is 9.47 Å². The molecule has 1 heterocycles. The van der Waals surface area contributed by atoms with Crippen molar-refractivity contribution in [1.82, 2.24) is 9.88 Å². The van der Waals surface area contributed by atoms with Gasteiger partial charge >= 0.3 is 12.1 Å². The lowest BCUT2D eigenvalue weighted by atomic mass is 10.1. The van der Waals surface area contributed by atoms with Gasteiger partial charge in [-0.3, -0.25) is 9.69 Å². The van der Waals surface area contributed by atoms with Crippen LogP contribution in [0.5, 0.6) is 5.75 Å². The Bertz CT molecular complexity index is 814. The molecule has 148 valence electrons. The van der Waals surface area contributed by atoms with E-state index in [-0.39, 0.29) is 35.8 Å². The zero-order valence-electron chi connectivity index (χ0n) is 15.5. The number of nitrogens with zero attached hydrogens (tertiary/aromatic N) is 2. The summed E-state index contributed by atoms with van der Waals surface area (Å²) in [5.41, 5.74) is -0.106. The minimum Gasteiger partial charge on any atom is -0.494 e. The lowest BCUT2D eigenvalue weighted by Crippen LogP contribution is -2.30. The van der Waals surface area contributed by atoms with Crippen LogP contribution in [-0.4, -0.2) is 49.4 Å². The molecule has 0 aliphatic carbocycles. The van der Waals surface area contributed by atoms with Gasteiger partial charge in [0.25, 0.3) is 0 Å². The van der Waals surface area contributed by atoms with Gasteiger partial charge in [0.1, 0.15) is 17.0 Å². The number of esters is 1. The molecule has 0 saturated carbocycles. The summed E-state index contributed by atoms with van der Waals surface area (Å²) in [6, 6.07) is 5.71. The molecule has 0 fully saturated rings. The second kappa shape index (κ2) is 8.79. The summed E-state index contributed by atoms with van der Waals surface area (Å²) in [5, 5.41) is 0.263. The minimum atomic E-state index is -4.55. The van der Waals surface area contributed by atoms with E-state index in [9.17, 15) is 18.0 Å². The van der Waals surface area contributed by atoms with E-state index in [0.29, 0.717) is 5.39 Å². The Balaban J connectivity index is 2.52. The maximum absolute atomic E-state index is 13.1. The quantitative estimate of drug-likeness (QED) is 0.513. The normalized spacial score (nSPS) is 13.0. The van der Waals surface area contributed by atoms with Gasteiger partial charge in [0, 0.05) is 5.39 Å². The van der Waals surface area contributed by atoms with E-state index in [2.05, 4.69) is 4.98 Å². The topological polar surface area (TPSA) is 51.7 Å². The highest BCUT2D eigenvalue weighted by Gasteiger charge is 2.33. The third kappa shape index (κ3) is 4.84. The molecule has 9 heteroatoms. The molecule has 1 unspecified atom stereocenters. The predicted octanol–water partition coefficient (Wildman–Crippen LogP) is 4.12. The summed E-state index contributed by atoms with van der Waals surface area (Å²) < 4.78 is 49.3. The summed E-state index contributed by atoms with van der Waals surface area (Å²) in [7, 11) is 3.14. The first-order valence-corrected chi connectivity index (χ1v) is 9.45. The van der Waals surface area contributed by atoms with Crippen molar-refractivity contribution in [2.24, 2.45) is 0 Å². The highest BCUT2D eigenvalue weighted by molar-refractivity contribution is 7.98. The zero-order chi connectivity index (χ0) is 20.2. The van der Waals surface area contributed by atoms with Crippen LogP contribution in [0, 0.1) is 0 Å². The molecule has 0 amide bonds. The lowest BCUT2D eigenvalue weighted by molar-refractivity contribution is -0.144. The van der Waals surface area contributed by atoms with E-state index in [4.69, 9.17) is 9.47 Å². The van der Waals surface area contributed by atoms with Crippen LogP contribution in [0.25, 0.3) is 10.9 Å². The Kier molecular flexibility index (Phi) is 6.94. The molecule has 2 aromatic rings. The number of aromatic nitrogens is 1. The number of benzene rings is 1. The molecular formula is C18H21F3N2O3S. The Morgan fingerprint density at radius 2 is 2.00 bits per heavy atom. The van der Waals surface area contributed by atoms with E-state index in [0.717, 1.165) is 11.6 Å². The molecule has 0 bridgehead atoms. The Labute approximate surface area is 159 Å². The number of hydrogen-bond donors (Lipinski definition) is 0. The van der Waals surface area contributed by atoms with Crippen LogP contribution < -0.4 is 4.74 Å². The van der Waals surface area contributed by atoms with Crippen molar-refractivity contribution in [3.63, 3.8) is 0 Å². The second-order valence-electron chi connectivity index (χ2n) is 5.76. The largest absolute Gasteiger partial charge is 0.494 e. The molecule has 1 atom stereocenters. The number of methoxy groups -OCH3 is 1. The average molecular weight is 402 g/mol. The van der Waals surface area contributed by atoms with E-state index >= 15 is 0 Å². The maximum atomic E-state index is 13.1. The molecule has 0 spiro atoms. The fraction of sp³-hybridized carbons (Fsp3) is 0.444. The van der Waals surface area contributed by atoms with E-state index in [1.807, 2.05) is 6.26 Å². The summed E-state index contributed by atoms with van der Waals surface area (Å²) >= 11 is 1.46. The van der Waals surface area contributed by atoms with Crippen molar-refractivity contribution in [2.45, 2.75) is 18.5 Å². The minimum absolute atomic E-state index is 0.0565. The number of thioether (sulfide) groups is 1. The van der Waals surface area contributed by atoms with Crippen LogP contribution in [0.2, 0.25) is 0 Å². The third-order valence-electron chi connectivity index (χ3n) is 3.94. The Morgan fingerprint density at radius 1 is 1.30 bits per heavy atom. The summed E-state index contributed by atoms with van der Waals surface area (Å²) in [5.74, 6) is -0.109. The number of hydrogen-bond acceptors (Lipinski definition) is 6. The van der Waals surface area contributed by atoms with Crippen molar-refractivity contribution in [3.8, 4) is 5.75 Å². The van der Waals surface area contributed by atoms with Gasteiger partial charge in [0.05, 0.1) is 25.6 Å². The average Bonchev–Trinajstić information content (AvgIpc) is 2.61. The van der Waals surface area contributed by atoms with E-state index < -0.39 is 11.9 Å². The van der Waals surface area contributed by atoms with Crippen molar-refractivity contribution in [2.75, 3.05) is 33.6 Å². The molecule has 1 aromatic heterocycles. The zero-order valence-corrected chi connectivity index (χ0v) is 16.3. The van der Waals surface area contributed by atoms with Gasteiger partial charge in [-0.2, -0.15) is 13.2 Å². The Hall–Kier alpha value is -2.00. The van der Waals surface area contributed by atoms with E-state index in [1.165, 1.54) is 24.9 Å². The summed E-state index contributed by atoms with van der Waals surface area (Å²) in [6.45, 7) is 2.07. The fourth-order valence-corrected chi connectivity index (χ4v) is 3.68. The molecule has 0 radical (unpaired) electrons. The number of fused-ring (bicyclic) bond motifs is 1. The van der Waals surface area contributed by atoms with Gasteiger partial charge in [-0.05, 0) is 37.9 Å². The smallest absolute Gasteiger partial charge is 0.433 e. The number of ether oxygens (including phenoxy) is 2. The Morgan fingerprint density at radius 3 is 2.56 bits per heavy atom. The number of halogens is 3. The van der Waals surface area contributed by atoms with Crippen LogP contribution in [0.15, 0.2) is 24.3 Å². The monoisotopic (exact) mass is 402 g/mol. The van der Waals surface area contributed by atoms with E-state index in [1.54, 1.807) is 31.0 Å². The van der Waals surface area contributed by atoms with Crippen LogP contribution >= 0.6 is 11.8 Å². The molecule has 0 N–H and O–H groups in total. The maximum Gasteiger partial charge on any atom is 0.433 e. The van der Waals surface area contributed by atoms with Crippen molar-refractivity contribution < 1.29 is 27.4 Å². The molecule has 0 saturated heterocycles. The molecule has 2 rings (SSSR count). The van der Waals surface area contributed by atoms with Gasteiger partial charge in [0.2, 0.25) is 0 Å². The van der Waals surface area contributed by atoms with Gasteiger partial charge in [-0.1, -0.05) is 12.1 Å². The van der Waals surface area contributed by atoms with Crippen molar-refractivity contribution >= 4 is 28.6 Å². The number of carbonyl (C=O) groups is 1. The van der Waals surface area contributed by atoms with Crippen molar-refractivity contribution in [1.29, 1.82) is 0 Å². The molecule has 27 heavy (non-hydrogen) atoms. The fourth-order valence-electron chi connectivity index (χ4n) is 2.79. The first-order chi connectivity index (χ1) is 12.7. The van der Waals surface area contributed by atoms with Gasteiger partial charge in [-0.15, -0.1) is 11.8 Å². The number of likely N-dealkylation sites (N-methyl/N-ethyl adjacent to an activating group) is 1. The molecular weight excluding hydrogens is 381 g/mol. The molecule has 0 aliphatic rings. The van der Waals surface area contributed by atoms with Crippen LogP contribution in [0.1, 0.15) is 23.6 Å². The third-order valence-corrected chi connectivity index (χ3v) is 5.00. The molecule has 0 aliphatic heterocycles. The lowest BCUT2D eigenvalue weighted by Gasteiger charge is -2.27. The SMILES string of the molecule is CCOC(=O)CN(C)C(SC)c1ccc(OC)c2nc(C(F)(F)F)ccc12. The van der Waals surface area contributed by atoms with Gasteiger partial charge in [-0.25, -0.2) is 4.98 Å². The summed E-state index contributed by atoms with van der Waals surface area (Å²) in [6.07, 6.45) is -2.69. The first-order valence-electron chi connectivity index (χ1n) is 8.16. The van der Waals surface area contributed by atoms with Crippen LogP contribution in [-0.2, 0) is 15.7 Å². The van der Waals surface area contributed by atoms with Crippen LogP contribution in [0.4, 0.5) is 13.2 Å². The van der Waals surface area contributed by atoms with Crippen LogP contribution in [0.3, 0.4) is 0 Å². The predicted molar refractivity (Wildman–Crippen MR) is 98.8 cm³/mol. The number of rotatable bonds is 7. The first kappa shape index (κ1) is 21.3. The number of alkyl halides is 3. The molecule has 1 aromatic carbocycles. The molecule has 5 nitrogen and oxygen atoms in total. The highest BCUT2D eigenvalue weighted by Crippen LogP contribution is 2.39.